The molecule has 5 heteroatoms. The van der Waals surface area contributed by atoms with E-state index in [-0.39, 0.29) is 5.82 Å². The number of imidazole rings is 1. The first kappa shape index (κ1) is 14.4. The Kier molecular flexibility index (Phi) is 3.87. The summed E-state index contributed by atoms with van der Waals surface area (Å²) in [7, 11) is 0. The van der Waals surface area contributed by atoms with Crippen molar-refractivity contribution < 1.29 is 4.39 Å². The van der Waals surface area contributed by atoms with Gasteiger partial charge < -0.3 is 0 Å². The molecule has 1 heterocycles. The Morgan fingerprint density at radius 3 is 2.81 bits per heavy atom. The number of hydrogen-bond acceptors (Lipinski definition) is 1. The SMILES string of the molecule is Cc1ccc(F)cc1-n1c(CCCl)nc2c(Cl)cccc21. The van der Waals surface area contributed by atoms with Crippen LogP contribution in [0.15, 0.2) is 36.4 Å². The summed E-state index contributed by atoms with van der Waals surface area (Å²) in [4.78, 5) is 4.57. The monoisotopic (exact) mass is 322 g/mol. The summed E-state index contributed by atoms with van der Waals surface area (Å²) < 4.78 is 15.6. The molecular formula is C16H13Cl2FN2. The second-order valence-corrected chi connectivity index (χ2v) is 5.63. The predicted octanol–water partition coefficient (Wildman–Crippen LogP) is 4.91. The fourth-order valence-corrected chi connectivity index (χ4v) is 2.84. The van der Waals surface area contributed by atoms with E-state index in [1.54, 1.807) is 12.1 Å². The van der Waals surface area contributed by atoms with Crippen LogP contribution >= 0.6 is 23.2 Å². The van der Waals surface area contributed by atoms with Gasteiger partial charge in [0.1, 0.15) is 17.2 Å². The molecule has 0 atom stereocenters. The summed E-state index contributed by atoms with van der Waals surface area (Å²) in [6.45, 7) is 1.94. The molecule has 0 amide bonds. The molecule has 2 aromatic carbocycles. The number of alkyl halides is 1. The van der Waals surface area contributed by atoms with Gasteiger partial charge in [0.25, 0.3) is 0 Å². The highest BCUT2D eigenvalue weighted by Gasteiger charge is 2.15. The molecule has 108 valence electrons. The summed E-state index contributed by atoms with van der Waals surface area (Å²) in [6, 6.07) is 10.3. The molecular weight excluding hydrogens is 310 g/mol. The van der Waals surface area contributed by atoms with Crippen LogP contribution in [0.2, 0.25) is 5.02 Å². The van der Waals surface area contributed by atoms with Gasteiger partial charge in [-0.05, 0) is 36.8 Å². The average Bonchev–Trinajstić information content (AvgIpc) is 2.82. The maximum atomic E-state index is 13.7. The third kappa shape index (κ3) is 2.52. The molecule has 3 aromatic rings. The standard InChI is InChI=1S/C16H13Cl2FN2/c1-10-5-6-11(19)9-14(10)21-13-4-2-3-12(18)16(13)20-15(21)7-8-17/h2-6,9H,7-8H2,1H3. The van der Waals surface area contributed by atoms with Crippen LogP contribution in [-0.2, 0) is 6.42 Å². The quantitative estimate of drug-likeness (QED) is 0.626. The summed E-state index contributed by atoms with van der Waals surface area (Å²) in [6.07, 6.45) is 0.586. The molecule has 0 unspecified atom stereocenters. The van der Waals surface area contributed by atoms with Crippen molar-refractivity contribution >= 4 is 34.2 Å². The fourth-order valence-electron chi connectivity index (χ4n) is 2.46. The van der Waals surface area contributed by atoms with E-state index in [4.69, 9.17) is 23.2 Å². The molecule has 0 saturated heterocycles. The molecule has 0 aliphatic rings. The molecule has 0 radical (unpaired) electrons. The van der Waals surface area contributed by atoms with E-state index in [9.17, 15) is 4.39 Å². The average molecular weight is 323 g/mol. The van der Waals surface area contributed by atoms with E-state index < -0.39 is 0 Å². The van der Waals surface area contributed by atoms with Gasteiger partial charge in [0.05, 0.1) is 16.2 Å². The number of hydrogen-bond donors (Lipinski definition) is 0. The molecule has 0 spiro atoms. The van der Waals surface area contributed by atoms with Crippen molar-refractivity contribution in [3.63, 3.8) is 0 Å². The normalized spacial score (nSPS) is 11.2. The lowest BCUT2D eigenvalue weighted by atomic mass is 10.2. The number of rotatable bonds is 3. The first-order valence-corrected chi connectivity index (χ1v) is 7.51. The van der Waals surface area contributed by atoms with Gasteiger partial charge in [-0.2, -0.15) is 0 Å². The fraction of sp³-hybridized carbons (Fsp3) is 0.188. The number of benzene rings is 2. The van der Waals surface area contributed by atoms with Crippen molar-refractivity contribution in [2.24, 2.45) is 0 Å². The van der Waals surface area contributed by atoms with Crippen molar-refractivity contribution in [1.29, 1.82) is 0 Å². The van der Waals surface area contributed by atoms with Crippen molar-refractivity contribution in [1.82, 2.24) is 9.55 Å². The van der Waals surface area contributed by atoms with E-state index in [0.29, 0.717) is 22.8 Å². The van der Waals surface area contributed by atoms with Crippen LogP contribution in [0.5, 0.6) is 0 Å². The Balaban J connectivity index is 2.36. The Bertz CT molecular complexity index is 811. The van der Waals surface area contributed by atoms with Crippen molar-refractivity contribution in [2.75, 3.05) is 5.88 Å². The molecule has 0 N–H and O–H groups in total. The zero-order chi connectivity index (χ0) is 15.0. The van der Waals surface area contributed by atoms with Gasteiger partial charge in [-0.25, -0.2) is 9.37 Å². The highest BCUT2D eigenvalue weighted by atomic mass is 35.5. The van der Waals surface area contributed by atoms with Crippen molar-refractivity contribution in [2.45, 2.75) is 13.3 Å². The lowest BCUT2D eigenvalue weighted by Crippen LogP contribution is -2.04. The minimum absolute atomic E-state index is 0.281. The van der Waals surface area contributed by atoms with Crippen LogP contribution in [0.1, 0.15) is 11.4 Å². The van der Waals surface area contributed by atoms with Gasteiger partial charge >= 0.3 is 0 Å². The third-order valence-electron chi connectivity index (χ3n) is 3.44. The first-order chi connectivity index (χ1) is 10.1. The Labute approximate surface area is 132 Å². The second-order valence-electron chi connectivity index (χ2n) is 4.84. The summed E-state index contributed by atoms with van der Waals surface area (Å²) in [5.41, 5.74) is 3.30. The largest absolute Gasteiger partial charge is 0.296 e. The van der Waals surface area contributed by atoms with Gasteiger partial charge in [0.2, 0.25) is 0 Å². The molecule has 0 bridgehead atoms. The summed E-state index contributed by atoms with van der Waals surface area (Å²) >= 11 is 12.1. The minimum Gasteiger partial charge on any atom is -0.296 e. The molecule has 3 rings (SSSR count). The molecule has 21 heavy (non-hydrogen) atoms. The topological polar surface area (TPSA) is 17.8 Å². The van der Waals surface area contributed by atoms with Gasteiger partial charge in [0, 0.05) is 12.3 Å². The summed E-state index contributed by atoms with van der Waals surface area (Å²) in [5, 5.41) is 0.580. The number of aromatic nitrogens is 2. The second kappa shape index (κ2) is 5.66. The number of halogens is 3. The van der Waals surface area contributed by atoms with Crippen LogP contribution < -0.4 is 0 Å². The van der Waals surface area contributed by atoms with Gasteiger partial charge in [0.15, 0.2) is 0 Å². The number of para-hydroxylation sites is 1. The molecule has 1 aromatic heterocycles. The first-order valence-electron chi connectivity index (χ1n) is 6.60. The highest BCUT2D eigenvalue weighted by Crippen LogP contribution is 2.29. The van der Waals surface area contributed by atoms with E-state index in [0.717, 1.165) is 22.6 Å². The predicted molar refractivity (Wildman–Crippen MR) is 85.2 cm³/mol. The molecule has 0 saturated carbocycles. The maximum Gasteiger partial charge on any atom is 0.125 e. The molecule has 0 fully saturated rings. The number of nitrogens with zero attached hydrogens (tertiary/aromatic N) is 2. The van der Waals surface area contributed by atoms with E-state index in [1.165, 1.54) is 12.1 Å². The highest BCUT2D eigenvalue weighted by molar-refractivity contribution is 6.35. The van der Waals surface area contributed by atoms with E-state index in [1.807, 2.05) is 23.6 Å². The van der Waals surface area contributed by atoms with Gasteiger partial charge in [-0.3, -0.25) is 4.57 Å². The van der Waals surface area contributed by atoms with E-state index >= 15 is 0 Å². The molecule has 0 aliphatic carbocycles. The van der Waals surface area contributed by atoms with Gasteiger partial charge in [-0.1, -0.05) is 23.7 Å². The maximum absolute atomic E-state index is 13.7. The van der Waals surface area contributed by atoms with Crippen LogP contribution in [0.25, 0.3) is 16.7 Å². The van der Waals surface area contributed by atoms with Crippen LogP contribution in [-0.4, -0.2) is 15.4 Å². The zero-order valence-electron chi connectivity index (χ0n) is 11.4. The zero-order valence-corrected chi connectivity index (χ0v) is 12.9. The Morgan fingerprint density at radius 2 is 2.05 bits per heavy atom. The van der Waals surface area contributed by atoms with Crippen LogP contribution in [0, 0.1) is 12.7 Å². The van der Waals surface area contributed by atoms with E-state index in [2.05, 4.69) is 4.98 Å². The Morgan fingerprint density at radius 1 is 1.24 bits per heavy atom. The van der Waals surface area contributed by atoms with Crippen molar-refractivity contribution in [3.05, 3.63) is 58.6 Å². The van der Waals surface area contributed by atoms with Gasteiger partial charge in [-0.15, -0.1) is 11.6 Å². The lowest BCUT2D eigenvalue weighted by Gasteiger charge is -2.12. The number of fused-ring (bicyclic) bond motifs is 1. The Hall–Kier alpha value is -1.58. The van der Waals surface area contributed by atoms with Crippen molar-refractivity contribution in [3.8, 4) is 5.69 Å². The molecule has 2 nitrogen and oxygen atoms in total. The number of aryl methyl sites for hydroxylation is 2. The summed E-state index contributed by atoms with van der Waals surface area (Å²) in [5.74, 6) is 0.938. The molecule has 0 aliphatic heterocycles. The lowest BCUT2D eigenvalue weighted by molar-refractivity contribution is 0.626. The van der Waals surface area contributed by atoms with Crippen LogP contribution in [0.4, 0.5) is 4.39 Å². The van der Waals surface area contributed by atoms with Crippen LogP contribution in [0.3, 0.4) is 0 Å². The minimum atomic E-state index is -0.281. The smallest absolute Gasteiger partial charge is 0.125 e. The third-order valence-corrected chi connectivity index (χ3v) is 3.93.